The maximum Gasteiger partial charge on any atom is 0.252 e. The lowest BCUT2D eigenvalue weighted by molar-refractivity contribution is 0.0951. The molecule has 0 aliphatic carbocycles. The van der Waals surface area contributed by atoms with Crippen LogP contribution in [0.3, 0.4) is 0 Å². The molecule has 1 amide bonds. The number of carbonyl (C=O) groups excluding carboxylic acids is 1. The summed E-state index contributed by atoms with van der Waals surface area (Å²) in [5.41, 5.74) is 1.52. The van der Waals surface area contributed by atoms with Crippen LogP contribution in [-0.4, -0.2) is 17.5 Å². The third-order valence-corrected chi connectivity index (χ3v) is 3.90. The number of halogens is 1. The minimum absolute atomic E-state index is 0.103. The zero-order valence-corrected chi connectivity index (χ0v) is 12.8. The highest BCUT2D eigenvalue weighted by atomic mass is 79.9. The first-order valence-corrected chi connectivity index (χ1v) is 7.47. The van der Waals surface area contributed by atoms with Gasteiger partial charge in [-0.25, -0.2) is 4.98 Å². The number of nitrogens with zero attached hydrogens (tertiary/aromatic N) is 1. The molecule has 2 heterocycles. The van der Waals surface area contributed by atoms with E-state index in [-0.39, 0.29) is 5.91 Å². The molecule has 0 radical (unpaired) electrons. The Morgan fingerprint density at radius 2 is 2.42 bits per heavy atom. The second kappa shape index (κ2) is 6.68. The molecule has 19 heavy (non-hydrogen) atoms. The van der Waals surface area contributed by atoms with E-state index in [0.717, 1.165) is 9.35 Å². The number of pyridine rings is 1. The molecular weight excluding hydrogens is 328 g/mol. The molecule has 0 spiro atoms. The number of thiophene rings is 1. The monoisotopic (exact) mass is 340 g/mol. The zero-order chi connectivity index (χ0) is 13.7. The fourth-order valence-electron chi connectivity index (χ4n) is 1.53. The molecule has 0 unspecified atom stereocenters. The van der Waals surface area contributed by atoms with E-state index in [1.807, 2.05) is 24.4 Å². The summed E-state index contributed by atoms with van der Waals surface area (Å²) in [6.07, 6.45) is 1.67. The van der Waals surface area contributed by atoms with E-state index in [1.54, 1.807) is 12.3 Å². The Balaban J connectivity index is 2.00. The molecule has 0 aliphatic heterocycles. The molecule has 100 valence electrons. The average molecular weight is 341 g/mol. The largest absolute Gasteiger partial charge is 0.478 e. The molecular formula is C13H13BrN2O2S. The van der Waals surface area contributed by atoms with Crippen molar-refractivity contribution in [1.82, 2.24) is 10.3 Å². The average Bonchev–Trinajstić information content (AvgIpc) is 2.84. The highest BCUT2D eigenvalue weighted by Crippen LogP contribution is 2.21. The Morgan fingerprint density at radius 1 is 1.58 bits per heavy atom. The van der Waals surface area contributed by atoms with Gasteiger partial charge in [0.15, 0.2) is 0 Å². The minimum atomic E-state index is -0.103. The van der Waals surface area contributed by atoms with Crippen molar-refractivity contribution in [1.29, 1.82) is 0 Å². The predicted octanol–water partition coefficient (Wildman–Crippen LogP) is 3.23. The van der Waals surface area contributed by atoms with Crippen LogP contribution in [0.5, 0.6) is 5.88 Å². The third-order valence-electron chi connectivity index (χ3n) is 2.40. The van der Waals surface area contributed by atoms with Gasteiger partial charge in [0, 0.05) is 23.7 Å². The third kappa shape index (κ3) is 3.78. The molecule has 0 saturated carbocycles. The van der Waals surface area contributed by atoms with E-state index in [0.29, 0.717) is 24.6 Å². The fraction of sp³-hybridized carbons (Fsp3) is 0.231. The maximum absolute atomic E-state index is 11.9. The zero-order valence-electron chi connectivity index (χ0n) is 10.4. The van der Waals surface area contributed by atoms with Crippen molar-refractivity contribution >= 4 is 33.2 Å². The van der Waals surface area contributed by atoms with E-state index in [2.05, 4.69) is 26.2 Å². The summed E-state index contributed by atoms with van der Waals surface area (Å²) in [6, 6.07) is 5.51. The van der Waals surface area contributed by atoms with Gasteiger partial charge in [-0.05, 0) is 35.0 Å². The molecule has 0 saturated heterocycles. The summed E-state index contributed by atoms with van der Waals surface area (Å²) >= 11 is 4.82. The summed E-state index contributed by atoms with van der Waals surface area (Å²) in [4.78, 5) is 16.1. The highest BCUT2D eigenvalue weighted by molar-refractivity contribution is 9.11. The molecule has 6 heteroatoms. The minimum Gasteiger partial charge on any atom is -0.478 e. The summed E-state index contributed by atoms with van der Waals surface area (Å²) in [5, 5.41) is 4.67. The molecule has 2 aromatic rings. The van der Waals surface area contributed by atoms with E-state index in [1.165, 1.54) is 11.3 Å². The summed E-state index contributed by atoms with van der Waals surface area (Å²) in [6.45, 7) is 2.85. The smallest absolute Gasteiger partial charge is 0.252 e. The van der Waals surface area contributed by atoms with Crippen LogP contribution in [0, 0.1) is 0 Å². The van der Waals surface area contributed by atoms with Crippen molar-refractivity contribution in [3.63, 3.8) is 0 Å². The number of aromatic nitrogens is 1. The quantitative estimate of drug-likeness (QED) is 0.908. The molecule has 0 atom stereocenters. The Morgan fingerprint density at radius 3 is 3.11 bits per heavy atom. The van der Waals surface area contributed by atoms with Crippen LogP contribution in [0.2, 0.25) is 0 Å². The predicted molar refractivity (Wildman–Crippen MR) is 78.6 cm³/mol. The van der Waals surface area contributed by atoms with Crippen LogP contribution >= 0.6 is 27.3 Å². The van der Waals surface area contributed by atoms with E-state index < -0.39 is 0 Å². The van der Waals surface area contributed by atoms with Gasteiger partial charge in [0.2, 0.25) is 5.88 Å². The van der Waals surface area contributed by atoms with Gasteiger partial charge in [-0.3, -0.25) is 4.79 Å². The Bertz CT molecular complexity index is 571. The lowest BCUT2D eigenvalue weighted by atomic mass is 10.2. The number of ether oxygens (including phenoxy) is 1. The molecule has 0 aromatic carbocycles. The van der Waals surface area contributed by atoms with Crippen molar-refractivity contribution in [2.24, 2.45) is 0 Å². The van der Waals surface area contributed by atoms with Gasteiger partial charge >= 0.3 is 0 Å². The van der Waals surface area contributed by atoms with Gasteiger partial charge < -0.3 is 10.1 Å². The van der Waals surface area contributed by atoms with Gasteiger partial charge in [-0.2, -0.15) is 0 Å². The van der Waals surface area contributed by atoms with Crippen molar-refractivity contribution < 1.29 is 9.53 Å². The molecule has 1 N–H and O–H groups in total. The van der Waals surface area contributed by atoms with E-state index in [9.17, 15) is 4.79 Å². The summed E-state index contributed by atoms with van der Waals surface area (Å²) in [5.74, 6) is 0.463. The van der Waals surface area contributed by atoms with Crippen molar-refractivity contribution in [2.75, 3.05) is 6.61 Å². The molecule has 4 nitrogen and oxygen atoms in total. The number of amides is 1. The molecule has 0 bridgehead atoms. The van der Waals surface area contributed by atoms with Crippen LogP contribution in [0.1, 0.15) is 22.8 Å². The first kappa shape index (κ1) is 14.0. The van der Waals surface area contributed by atoms with Crippen molar-refractivity contribution in [3.8, 4) is 5.88 Å². The Kier molecular flexibility index (Phi) is 4.93. The summed E-state index contributed by atoms with van der Waals surface area (Å²) in [7, 11) is 0. The lowest BCUT2D eigenvalue weighted by Crippen LogP contribution is -2.22. The van der Waals surface area contributed by atoms with Crippen LogP contribution in [0.4, 0.5) is 0 Å². The molecule has 0 fully saturated rings. The first-order chi connectivity index (χ1) is 9.20. The topological polar surface area (TPSA) is 51.2 Å². The lowest BCUT2D eigenvalue weighted by Gasteiger charge is -2.09. The van der Waals surface area contributed by atoms with Gasteiger partial charge in [0.25, 0.3) is 5.91 Å². The second-order valence-electron chi connectivity index (χ2n) is 3.72. The highest BCUT2D eigenvalue weighted by Gasteiger charge is 2.09. The van der Waals surface area contributed by atoms with Crippen molar-refractivity contribution in [3.05, 3.63) is 44.7 Å². The number of hydrogen-bond donors (Lipinski definition) is 1. The normalized spacial score (nSPS) is 10.2. The first-order valence-electron chi connectivity index (χ1n) is 5.79. The van der Waals surface area contributed by atoms with Crippen molar-refractivity contribution in [2.45, 2.75) is 13.5 Å². The number of carbonyl (C=O) groups is 1. The van der Waals surface area contributed by atoms with Crippen LogP contribution in [0.25, 0.3) is 0 Å². The van der Waals surface area contributed by atoms with Crippen LogP contribution in [0.15, 0.2) is 33.6 Å². The van der Waals surface area contributed by atoms with E-state index in [4.69, 9.17) is 4.74 Å². The Labute approximate surface area is 124 Å². The fourth-order valence-corrected chi connectivity index (χ4v) is 2.67. The number of nitrogens with one attached hydrogen (secondary N) is 1. The van der Waals surface area contributed by atoms with Gasteiger partial charge in [0.1, 0.15) is 0 Å². The maximum atomic E-state index is 11.9. The second-order valence-corrected chi connectivity index (χ2v) is 6.01. The summed E-state index contributed by atoms with van der Waals surface area (Å²) < 4.78 is 6.35. The van der Waals surface area contributed by atoms with Crippen LogP contribution in [-0.2, 0) is 6.54 Å². The molecule has 0 aliphatic rings. The standard InChI is InChI=1S/C13H13BrN2O2S/c1-2-18-13-9(4-3-5-15-13)7-16-12(17)10-6-11(14)19-8-10/h3-6,8H,2,7H2,1H3,(H,16,17). The molecule has 2 rings (SSSR count). The molecule has 2 aromatic heterocycles. The van der Waals surface area contributed by atoms with Gasteiger partial charge in [0.05, 0.1) is 16.0 Å². The SMILES string of the molecule is CCOc1ncccc1CNC(=O)c1csc(Br)c1. The van der Waals surface area contributed by atoms with Gasteiger partial charge in [-0.15, -0.1) is 11.3 Å². The van der Waals surface area contributed by atoms with Gasteiger partial charge in [-0.1, -0.05) is 6.07 Å². The van der Waals surface area contributed by atoms with E-state index >= 15 is 0 Å². The number of hydrogen-bond acceptors (Lipinski definition) is 4. The van der Waals surface area contributed by atoms with Crippen LogP contribution < -0.4 is 10.1 Å². The Hall–Kier alpha value is -1.40. The number of rotatable bonds is 5.